The van der Waals surface area contributed by atoms with Gasteiger partial charge in [-0.3, -0.25) is 4.79 Å². The number of esters is 1. The molecule has 0 bridgehead atoms. The van der Waals surface area contributed by atoms with Gasteiger partial charge in [-0.25, -0.2) is 4.79 Å². The summed E-state index contributed by atoms with van der Waals surface area (Å²) in [6, 6.07) is 18.3. The number of hydrogen-bond donors (Lipinski definition) is 0. The standard InChI is InChI=1S/C25H24N2O3S/c1-4-13-27-17(2)14-21(18(27)3)22(28)16-30-25(29)20-10-6-8-12-24(20)31-23-11-7-5-9-19(23)15-26/h5-12,14H,4,13,16H2,1-3H3. The second kappa shape index (κ2) is 10.1. The van der Waals surface area contributed by atoms with Crippen LogP contribution in [0.15, 0.2) is 64.4 Å². The third kappa shape index (κ3) is 5.07. The fourth-order valence-electron chi connectivity index (χ4n) is 3.43. The average molecular weight is 433 g/mol. The Labute approximate surface area is 186 Å². The zero-order valence-electron chi connectivity index (χ0n) is 17.8. The largest absolute Gasteiger partial charge is 0.454 e. The van der Waals surface area contributed by atoms with E-state index >= 15 is 0 Å². The summed E-state index contributed by atoms with van der Waals surface area (Å²) in [4.78, 5) is 26.9. The van der Waals surface area contributed by atoms with Gasteiger partial charge >= 0.3 is 5.97 Å². The highest BCUT2D eigenvalue weighted by atomic mass is 32.2. The number of benzene rings is 2. The number of carbonyl (C=O) groups excluding carboxylic acids is 2. The lowest BCUT2D eigenvalue weighted by Gasteiger charge is -2.10. The first-order valence-corrected chi connectivity index (χ1v) is 10.9. The van der Waals surface area contributed by atoms with Crippen LogP contribution in [0.2, 0.25) is 0 Å². The molecule has 5 nitrogen and oxygen atoms in total. The number of aromatic nitrogens is 1. The van der Waals surface area contributed by atoms with E-state index in [-0.39, 0.29) is 12.4 Å². The topological polar surface area (TPSA) is 72.1 Å². The van der Waals surface area contributed by atoms with E-state index < -0.39 is 5.97 Å². The van der Waals surface area contributed by atoms with Crippen LogP contribution in [0.5, 0.6) is 0 Å². The van der Waals surface area contributed by atoms with E-state index in [2.05, 4.69) is 17.6 Å². The summed E-state index contributed by atoms with van der Waals surface area (Å²) in [5.74, 6) is -0.781. The average Bonchev–Trinajstić information content (AvgIpc) is 3.06. The molecule has 0 amide bonds. The van der Waals surface area contributed by atoms with Crippen LogP contribution in [0.3, 0.4) is 0 Å². The van der Waals surface area contributed by atoms with Crippen molar-refractivity contribution in [3.05, 3.63) is 82.7 Å². The maximum Gasteiger partial charge on any atom is 0.339 e. The molecule has 0 radical (unpaired) electrons. The molecule has 0 saturated heterocycles. The molecule has 3 rings (SSSR count). The van der Waals surface area contributed by atoms with Crippen LogP contribution >= 0.6 is 11.8 Å². The molecule has 0 N–H and O–H groups in total. The van der Waals surface area contributed by atoms with Crippen molar-refractivity contribution in [3.8, 4) is 6.07 Å². The molecule has 31 heavy (non-hydrogen) atoms. The van der Waals surface area contributed by atoms with Crippen molar-refractivity contribution in [1.29, 1.82) is 5.26 Å². The Morgan fingerprint density at radius 2 is 1.71 bits per heavy atom. The van der Waals surface area contributed by atoms with Gasteiger partial charge in [-0.15, -0.1) is 0 Å². The van der Waals surface area contributed by atoms with Gasteiger partial charge in [0.15, 0.2) is 6.61 Å². The molecular weight excluding hydrogens is 408 g/mol. The molecule has 0 saturated carbocycles. The number of ketones is 1. The lowest BCUT2D eigenvalue weighted by molar-refractivity contribution is 0.0471. The molecule has 0 fully saturated rings. The molecule has 0 aliphatic heterocycles. The van der Waals surface area contributed by atoms with Crippen molar-refractivity contribution in [1.82, 2.24) is 4.57 Å². The number of ether oxygens (including phenoxy) is 1. The summed E-state index contributed by atoms with van der Waals surface area (Å²) >= 11 is 1.33. The van der Waals surface area contributed by atoms with Crippen LogP contribution in [0.1, 0.15) is 51.0 Å². The lowest BCUT2D eigenvalue weighted by atomic mass is 10.1. The van der Waals surface area contributed by atoms with Gasteiger partial charge in [0.05, 0.1) is 11.1 Å². The number of hydrogen-bond acceptors (Lipinski definition) is 5. The van der Waals surface area contributed by atoms with E-state index in [1.165, 1.54) is 11.8 Å². The normalized spacial score (nSPS) is 10.5. The van der Waals surface area contributed by atoms with E-state index in [0.29, 0.717) is 21.6 Å². The van der Waals surface area contributed by atoms with Gasteiger partial charge in [0, 0.05) is 33.3 Å². The molecule has 6 heteroatoms. The molecular formula is C25H24N2O3S. The monoisotopic (exact) mass is 432 g/mol. The minimum absolute atomic E-state index is 0.219. The van der Waals surface area contributed by atoms with Crippen LogP contribution in [0, 0.1) is 25.2 Å². The molecule has 1 aromatic heterocycles. The number of nitriles is 1. The molecule has 0 atom stereocenters. The minimum Gasteiger partial charge on any atom is -0.454 e. The van der Waals surface area contributed by atoms with Gasteiger partial charge in [0.2, 0.25) is 5.78 Å². The molecule has 0 aliphatic carbocycles. The summed E-state index contributed by atoms with van der Waals surface area (Å²) in [5, 5.41) is 9.31. The van der Waals surface area contributed by atoms with Gasteiger partial charge in [0.25, 0.3) is 0 Å². The lowest BCUT2D eigenvalue weighted by Crippen LogP contribution is -2.15. The Morgan fingerprint density at radius 1 is 1.03 bits per heavy atom. The first kappa shape index (κ1) is 22.4. The van der Waals surface area contributed by atoms with Gasteiger partial charge in [-0.05, 0) is 50.6 Å². The molecule has 3 aromatic rings. The van der Waals surface area contributed by atoms with Crippen molar-refractivity contribution < 1.29 is 14.3 Å². The Morgan fingerprint density at radius 3 is 2.42 bits per heavy atom. The van der Waals surface area contributed by atoms with Gasteiger partial charge in [-0.1, -0.05) is 43.0 Å². The van der Waals surface area contributed by atoms with E-state index in [4.69, 9.17) is 4.74 Å². The summed E-state index contributed by atoms with van der Waals surface area (Å²) in [7, 11) is 0. The number of nitrogens with zero attached hydrogens (tertiary/aromatic N) is 2. The van der Waals surface area contributed by atoms with Crippen molar-refractivity contribution in [3.63, 3.8) is 0 Å². The van der Waals surface area contributed by atoms with Crippen molar-refractivity contribution >= 4 is 23.5 Å². The Balaban J connectivity index is 1.74. The minimum atomic E-state index is -0.562. The summed E-state index contributed by atoms with van der Waals surface area (Å²) in [5.41, 5.74) is 3.40. The van der Waals surface area contributed by atoms with Crippen LogP contribution in [-0.4, -0.2) is 22.9 Å². The first-order chi connectivity index (χ1) is 15.0. The van der Waals surface area contributed by atoms with E-state index in [1.807, 2.05) is 38.1 Å². The third-order valence-corrected chi connectivity index (χ3v) is 6.14. The zero-order chi connectivity index (χ0) is 22.4. The van der Waals surface area contributed by atoms with Crippen molar-refractivity contribution in [2.45, 2.75) is 43.5 Å². The highest BCUT2D eigenvalue weighted by Gasteiger charge is 2.19. The maximum atomic E-state index is 12.7. The highest BCUT2D eigenvalue weighted by molar-refractivity contribution is 7.99. The zero-order valence-corrected chi connectivity index (χ0v) is 18.7. The van der Waals surface area contributed by atoms with E-state index in [9.17, 15) is 14.9 Å². The van der Waals surface area contributed by atoms with Gasteiger partial charge < -0.3 is 9.30 Å². The summed E-state index contributed by atoms with van der Waals surface area (Å²) < 4.78 is 7.47. The predicted molar refractivity (Wildman–Crippen MR) is 121 cm³/mol. The SMILES string of the molecule is CCCn1c(C)cc(C(=O)COC(=O)c2ccccc2Sc2ccccc2C#N)c1C. The van der Waals surface area contributed by atoms with E-state index in [1.54, 1.807) is 30.3 Å². The molecule has 0 aliphatic rings. The van der Waals surface area contributed by atoms with Gasteiger partial charge in [0.1, 0.15) is 6.07 Å². The van der Waals surface area contributed by atoms with Crippen LogP contribution < -0.4 is 0 Å². The first-order valence-electron chi connectivity index (χ1n) is 10.1. The second-order valence-electron chi connectivity index (χ2n) is 7.14. The van der Waals surface area contributed by atoms with Gasteiger partial charge in [-0.2, -0.15) is 5.26 Å². The number of carbonyl (C=O) groups is 2. The van der Waals surface area contributed by atoms with E-state index in [0.717, 1.165) is 29.2 Å². The van der Waals surface area contributed by atoms with Crippen LogP contribution in [0.25, 0.3) is 0 Å². The van der Waals surface area contributed by atoms with Crippen molar-refractivity contribution in [2.24, 2.45) is 0 Å². The number of aryl methyl sites for hydroxylation is 1. The number of rotatable bonds is 8. The summed E-state index contributed by atoms with van der Waals surface area (Å²) in [6.07, 6.45) is 0.975. The Bertz CT molecular complexity index is 1160. The fraction of sp³-hybridized carbons (Fsp3) is 0.240. The Kier molecular flexibility index (Phi) is 7.32. The smallest absolute Gasteiger partial charge is 0.339 e. The second-order valence-corrected chi connectivity index (χ2v) is 8.23. The molecule has 2 aromatic carbocycles. The van der Waals surface area contributed by atoms with Crippen LogP contribution in [-0.2, 0) is 11.3 Å². The molecule has 0 unspecified atom stereocenters. The number of Topliss-reactive ketones (excluding diaryl/α,β-unsaturated/α-hetero) is 1. The summed E-state index contributed by atoms with van der Waals surface area (Å²) in [6.45, 7) is 6.50. The fourth-order valence-corrected chi connectivity index (χ4v) is 4.44. The molecule has 0 spiro atoms. The highest BCUT2D eigenvalue weighted by Crippen LogP contribution is 2.33. The third-order valence-electron chi connectivity index (χ3n) is 4.99. The van der Waals surface area contributed by atoms with Crippen molar-refractivity contribution in [2.75, 3.05) is 6.61 Å². The maximum absolute atomic E-state index is 12.7. The molecule has 1 heterocycles. The quantitative estimate of drug-likeness (QED) is 0.343. The molecule has 158 valence electrons. The predicted octanol–water partition coefficient (Wildman–Crippen LogP) is 5.58. The van der Waals surface area contributed by atoms with Crippen LogP contribution in [0.4, 0.5) is 0 Å². The Hall–Kier alpha value is -3.30.